The third-order valence-corrected chi connectivity index (χ3v) is 15.9. The van der Waals surface area contributed by atoms with Crippen molar-refractivity contribution in [1.82, 2.24) is 43.7 Å². The summed E-state index contributed by atoms with van der Waals surface area (Å²) in [4.78, 5) is 164. The van der Waals surface area contributed by atoms with Crippen molar-refractivity contribution >= 4 is 105 Å². The molecule has 4 N–H and O–H groups in total. The molecule has 94 heavy (non-hydrogen) atoms. The number of aromatic nitrogens is 5. The summed E-state index contributed by atoms with van der Waals surface area (Å²) < 4.78 is 23.0. The number of aliphatic imine (C=N–C) groups is 1. The Hall–Kier alpha value is -10.5. The largest absolute Gasteiger partial charge is 0.493 e. The van der Waals surface area contributed by atoms with Gasteiger partial charge in [-0.05, 0) is 79.3 Å². The van der Waals surface area contributed by atoms with Gasteiger partial charge in [0.25, 0.3) is 29.5 Å². The normalized spacial score (nSPS) is 14.1. The number of nitrogens with one attached hydrogen (secondary N) is 4. The van der Waals surface area contributed by atoms with Crippen LogP contribution in [-0.2, 0) is 81.8 Å². The van der Waals surface area contributed by atoms with Gasteiger partial charge in [0.15, 0.2) is 23.2 Å². The number of imide groups is 1. The molecule has 0 bridgehead atoms. The lowest BCUT2D eigenvalue weighted by molar-refractivity contribution is -0.137. The quantitative estimate of drug-likeness (QED) is 0.0183. The molecule has 0 unspecified atom stereocenters. The maximum Gasteiger partial charge on any atom is 0.279 e. The average Bonchev–Trinajstić information content (AvgIpc) is 1.63. The maximum atomic E-state index is 14.0. The van der Waals surface area contributed by atoms with Gasteiger partial charge in [0.1, 0.15) is 22.9 Å². The molecule has 3 aliphatic rings. The molecule has 0 aliphatic carbocycles. The highest BCUT2D eigenvalue weighted by Crippen LogP contribution is 2.35. The molecule has 0 radical (unpaired) electrons. The second kappa shape index (κ2) is 31.2. The Labute approximate surface area is 540 Å². The number of anilines is 2. The van der Waals surface area contributed by atoms with Gasteiger partial charge in [-0.1, -0.05) is 18.2 Å². The molecule has 7 amide bonds. The standard InChI is InChI=1S/C67H74N12O15/c1-41-26-47-34-68-52-33-57(42(2)27-51(52)66(90)79(47)37-41)94-22-7-9-61(86)72-58-40-76(5)64(73-58)56(83)31-44-30-54(74(3)38-44)65(89)71-46-32-55(75(4)39-46)67(91)77-19-16-45-28-43(10-12-53(45)77)29-50(82)36-70-59(84)13-11-49(81)35-69-60(85)18-23-93-25-24-92-21-6-8-48(80)17-20-78-62(87)14-15-63(78)88/h10,12,14-16,19,27-28,30,32-34,38-40,47H,1,6-9,11,13,17-18,20-26,29,31,35-37H2,2-5H3,(H,69,85)(H,70,84)(H,71,89)(H,72,86)/t47-/m0/s1. The van der Waals surface area contributed by atoms with Gasteiger partial charge in [-0.2, -0.15) is 0 Å². The van der Waals surface area contributed by atoms with Gasteiger partial charge >= 0.3 is 0 Å². The van der Waals surface area contributed by atoms with E-state index >= 15 is 0 Å². The van der Waals surface area contributed by atoms with E-state index < -0.39 is 29.5 Å². The smallest absolute Gasteiger partial charge is 0.279 e. The predicted octanol–water partition coefficient (Wildman–Crippen LogP) is 4.79. The first-order valence-corrected chi connectivity index (χ1v) is 30.8. The zero-order valence-electron chi connectivity index (χ0n) is 52.8. The number of hydrogen-bond acceptors (Lipinski definition) is 17. The van der Waals surface area contributed by atoms with Crippen LogP contribution in [0.25, 0.3) is 10.9 Å². The Morgan fingerprint density at radius 2 is 1.38 bits per heavy atom. The van der Waals surface area contributed by atoms with E-state index in [0.717, 1.165) is 16.0 Å². The number of ether oxygens (including phenoxy) is 3. The summed E-state index contributed by atoms with van der Waals surface area (Å²) in [5.41, 5.74) is 5.41. The van der Waals surface area contributed by atoms with Crippen molar-refractivity contribution in [2.45, 2.75) is 83.6 Å². The number of amides is 7. The van der Waals surface area contributed by atoms with E-state index in [1.807, 2.05) is 6.92 Å². The lowest BCUT2D eigenvalue weighted by Crippen LogP contribution is -2.35. The first kappa shape index (κ1) is 67.8. The Morgan fingerprint density at radius 3 is 2.16 bits per heavy atom. The molecule has 27 nitrogen and oxygen atoms in total. The van der Waals surface area contributed by atoms with Crippen molar-refractivity contribution in [2.75, 3.05) is 69.8 Å². The second-order valence-corrected chi connectivity index (χ2v) is 23.3. The molecule has 0 spiro atoms. The minimum atomic E-state index is -0.508. The monoisotopic (exact) mass is 1290 g/mol. The molecule has 3 aliphatic heterocycles. The molecule has 9 rings (SSSR count). The summed E-state index contributed by atoms with van der Waals surface area (Å²) >= 11 is 0. The van der Waals surface area contributed by atoms with E-state index in [4.69, 9.17) is 14.2 Å². The number of hydrogen-bond donors (Lipinski definition) is 4. The zero-order chi connectivity index (χ0) is 67.2. The fourth-order valence-corrected chi connectivity index (χ4v) is 11.0. The summed E-state index contributed by atoms with van der Waals surface area (Å²) in [5.74, 6) is -3.29. The molecule has 27 heteroatoms. The van der Waals surface area contributed by atoms with Crippen LogP contribution in [0.4, 0.5) is 17.2 Å². The first-order valence-electron chi connectivity index (χ1n) is 30.8. The van der Waals surface area contributed by atoms with Gasteiger partial charge in [0.05, 0.1) is 68.0 Å². The van der Waals surface area contributed by atoms with Gasteiger partial charge < -0.3 is 54.1 Å². The van der Waals surface area contributed by atoms with Crippen LogP contribution >= 0.6 is 0 Å². The Balaban J connectivity index is 0.641. The van der Waals surface area contributed by atoms with Crippen molar-refractivity contribution in [3.63, 3.8) is 0 Å². The number of nitrogens with zero attached hydrogens (tertiary/aromatic N) is 8. The Kier molecular flexibility index (Phi) is 22.5. The molecule has 6 aromatic rings. The molecule has 2 aromatic carbocycles. The molecule has 4 aromatic heterocycles. The van der Waals surface area contributed by atoms with Crippen LogP contribution < -0.4 is 26.0 Å². The third kappa shape index (κ3) is 17.7. The molecule has 7 heterocycles. The number of rotatable bonds is 34. The fourth-order valence-electron chi connectivity index (χ4n) is 11.0. The predicted molar refractivity (Wildman–Crippen MR) is 343 cm³/mol. The van der Waals surface area contributed by atoms with Crippen molar-refractivity contribution in [3.8, 4) is 5.75 Å². The summed E-state index contributed by atoms with van der Waals surface area (Å²) in [6.45, 7) is 6.96. The topological polar surface area (TPSA) is 332 Å². The number of benzene rings is 2. The Morgan fingerprint density at radius 1 is 0.660 bits per heavy atom. The SMILES string of the molecule is C=C1C[C@H]2C=Nc3cc(OCCCC(=O)Nc4cn(C)c(C(=O)Cc5cc(C(=O)Nc6cc(C(=O)n7ccc8cc(CC(=O)CNC(=O)CCC(=O)CNC(=O)CCOCCOCCCC(=O)CCN9C(=O)C=CC9=O)ccc87)n(C)c6)n(C)c5)n4)c(C)cc3C(=O)N2C1. The molecule has 492 valence electrons. The summed E-state index contributed by atoms with van der Waals surface area (Å²) in [6.07, 6.45) is 12.1. The van der Waals surface area contributed by atoms with Crippen LogP contribution in [0.1, 0.15) is 116 Å². The van der Waals surface area contributed by atoms with Gasteiger partial charge in [-0.25, -0.2) is 4.98 Å². The lowest BCUT2D eigenvalue weighted by Gasteiger charge is -2.20. The number of ketones is 4. The highest BCUT2D eigenvalue weighted by Gasteiger charge is 2.34. The van der Waals surface area contributed by atoms with Gasteiger partial charge in [-0.15, -0.1) is 0 Å². The number of fused-ring (bicyclic) bond motifs is 3. The van der Waals surface area contributed by atoms with E-state index in [1.165, 1.54) is 21.3 Å². The zero-order valence-corrected chi connectivity index (χ0v) is 52.8. The van der Waals surface area contributed by atoms with E-state index in [0.29, 0.717) is 77.1 Å². The third-order valence-electron chi connectivity index (χ3n) is 15.9. The minimum Gasteiger partial charge on any atom is -0.493 e. The Bertz CT molecular complexity index is 4050. The number of Topliss-reactive ketones (excluding diaryl/α,β-unsaturated/α-hetero) is 4. The van der Waals surface area contributed by atoms with Crippen LogP contribution in [0.15, 0.2) is 103 Å². The minimum absolute atomic E-state index is 0.00500. The van der Waals surface area contributed by atoms with E-state index in [2.05, 4.69) is 37.8 Å². The highest BCUT2D eigenvalue weighted by molar-refractivity contribution is 6.13. The molecule has 1 saturated heterocycles. The van der Waals surface area contributed by atoms with Crippen LogP contribution in [0, 0.1) is 6.92 Å². The van der Waals surface area contributed by atoms with Crippen LogP contribution in [-0.4, -0.2) is 175 Å². The van der Waals surface area contributed by atoms with Crippen LogP contribution in [0.2, 0.25) is 0 Å². The lowest BCUT2D eigenvalue weighted by atomic mass is 10.1. The van der Waals surface area contributed by atoms with Crippen molar-refractivity contribution < 1.29 is 71.7 Å². The summed E-state index contributed by atoms with van der Waals surface area (Å²) in [6, 6.07) is 13.5. The fraction of sp³-hybridized carbons (Fsp3) is 0.373. The number of carbonyl (C=O) groups is 12. The van der Waals surface area contributed by atoms with E-state index in [-0.39, 0.29) is 167 Å². The number of aryl methyl sites for hydroxylation is 4. The highest BCUT2D eigenvalue weighted by atomic mass is 16.5. The molecule has 1 atom stereocenters. The average molecular weight is 1290 g/mol. The van der Waals surface area contributed by atoms with Gasteiger partial charge in [0, 0.05) is 147 Å². The number of imidazole rings is 1. The molecule has 0 saturated carbocycles. The van der Waals surface area contributed by atoms with Crippen molar-refractivity contribution in [2.24, 2.45) is 26.1 Å². The first-order chi connectivity index (χ1) is 45.1. The van der Waals surface area contributed by atoms with Crippen molar-refractivity contribution in [1.29, 1.82) is 0 Å². The van der Waals surface area contributed by atoms with E-state index in [1.54, 1.807) is 115 Å². The van der Waals surface area contributed by atoms with Crippen LogP contribution in [0.5, 0.6) is 5.75 Å². The molecule has 1 fully saturated rings. The second-order valence-electron chi connectivity index (χ2n) is 23.3. The van der Waals surface area contributed by atoms with E-state index in [9.17, 15) is 57.5 Å². The number of carbonyl (C=O) groups excluding carboxylic acids is 12. The van der Waals surface area contributed by atoms with Gasteiger partial charge in [-0.3, -0.25) is 72.0 Å². The summed E-state index contributed by atoms with van der Waals surface area (Å²) in [7, 11) is 4.98. The summed E-state index contributed by atoms with van der Waals surface area (Å²) in [5, 5.41) is 11.3. The van der Waals surface area contributed by atoms with Gasteiger partial charge in [0.2, 0.25) is 23.5 Å². The maximum absolute atomic E-state index is 14.0. The van der Waals surface area contributed by atoms with Crippen LogP contribution in [0.3, 0.4) is 0 Å². The molecular weight excluding hydrogens is 1210 g/mol. The molecular formula is C67H74N12O15. The van der Waals surface area contributed by atoms with Crippen molar-refractivity contribution in [3.05, 3.63) is 137 Å².